The molecule has 1 heterocycles. The van der Waals surface area contributed by atoms with Crippen LogP contribution in [-0.2, 0) is 9.53 Å². The van der Waals surface area contributed by atoms with E-state index in [9.17, 15) is 15.0 Å². The normalized spacial score (nSPS) is 42.6. The summed E-state index contributed by atoms with van der Waals surface area (Å²) >= 11 is 0. The second-order valence-corrected chi connectivity index (χ2v) is 5.57. The Labute approximate surface area is 102 Å². The fourth-order valence-electron chi connectivity index (χ4n) is 3.34. The minimum absolute atomic E-state index is 0.162. The van der Waals surface area contributed by atoms with Crippen molar-refractivity contribution in [2.75, 3.05) is 13.2 Å². The Kier molecular flexibility index (Phi) is 3.46. The van der Waals surface area contributed by atoms with Crippen molar-refractivity contribution >= 4 is 5.97 Å². The van der Waals surface area contributed by atoms with Crippen molar-refractivity contribution < 1.29 is 19.7 Å². The van der Waals surface area contributed by atoms with Gasteiger partial charge in [-0.15, -0.1) is 0 Å². The Morgan fingerprint density at radius 3 is 2.41 bits per heavy atom. The number of ether oxygens (including phenoxy) is 1. The van der Waals surface area contributed by atoms with Crippen LogP contribution in [0.3, 0.4) is 0 Å². The monoisotopic (exact) mass is 242 g/mol. The fraction of sp³-hybridized carbons (Fsp3) is 0.923. The van der Waals surface area contributed by atoms with Crippen molar-refractivity contribution in [1.82, 2.24) is 0 Å². The number of carboxylic acid groups (broad SMARTS) is 1. The molecule has 2 rings (SSSR count). The van der Waals surface area contributed by atoms with Crippen LogP contribution >= 0.6 is 0 Å². The lowest BCUT2D eigenvalue weighted by Crippen LogP contribution is -2.55. The average Bonchev–Trinajstić information content (AvgIpc) is 2.81. The Hall–Kier alpha value is -0.610. The molecule has 1 saturated carbocycles. The highest BCUT2D eigenvalue weighted by molar-refractivity contribution is 5.77. The number of carboxylic acids is 1. The zero-order valence-corrected chi connectivity index (χ0v) is 10.4. The van der Waals surface area contributed by atoms with Gasteiger partial charge in [-0.25, -0.2) is 0 Å². The zero-order valence-electron chi connectivity index (χ0n) is 10.4. The summed E-state index contributed by atoms with van der Waals surface area (Å²) in [6.07, 6.45) is 4.62. The van der Waals surface area contributed by atoms with E-state index in [0.29, 0.717) is 31.8 Å². The molecule has 98 valence electrons. The van der Waals surface area contributed by atoms with Gasteiger partial charge in [0.05, 0.1) is 12.2 Å². The highest BCUT2D eigenvalue weighted by atomic mass is 16.5. The van der Waals surface area contributed by atoms with Gasteiger partial charge in [-0.2, -0.15) is 0 Å². The van der Waals surface area contributed by atoms with E-state index in [4.69, 9.17) is 4.74 Å². The maximum Gasteiger partial charge on any atom is 0.315 e. The topological polar surface area (TPSA) is 66.8 Å². The third kappa shape index (κ3) is 1.97. The molecule has 4 nitrogen and oxygen atoms in total. The van der Waals surface area contributed by atoms with Gasteiger partial charge in [0.15, 0.2) is 0 Å². The predicted molar refractivity (Wildman–Crippen MR) is 62.7 cm³/mol. The second-order valence-electron chi connectivity index (χ2n) is 5.57. The lowest BCUT2D eigenvalue weighted by molar-refractivity contribution is -0.176. The smallest absolute Gasteiger partial charge is 0.315 e. The van der Waals surface area contributed by atoms with Crippen molar-refractivity contribution in [3.63, 3.8) is 0 Å². The summed E-state index contributed by atoms with van der Waals surface area (Å²) in [7, 11) is 0. The van der Waals surface area contributed by atoms with Crippen LogP contribution in [-0.4, -0.2) is 35.0 Å². The third-order valence-corrected chi connectivity index (χ3v) is 4.83. The Morgan fingerprint density at radius 2 is 2.00 bits per heavy atom. The molecule has 2 N–H and O–H groups in total. The Balaban J connectivity index is 2.16. The molecule has 1 aliphatic heterocycles. The van der Waals surface area contributed by atoms with Crippen molar-refractivity contribution in [2.24, 2.45) is 11.3 Å². The van der Waals surface area contributed by atoms with Crippen molar-refractivity contribution in [2.45, 2.75) is 51.0 Å². The van der Waals surface area contributed by atoms with Gasteiger partial charge in [-0.05, 0) is 38.0 Å². The molecule has 0 aromatic carbocycles. The van der Waals surface area contributed by atoms with Gasteiger partial charge >= 0.3 is 5.97 Å². The molecule has 1 unspecified atom stereocenters. The van der Waals surface area contributed by atoms with Gasteiger partial charge in [0.1, 0.15) is 5.41 Å². The predicted octanol–water partition coefficient (Wildman–Crippen LogP) is 1.81. The molecule has 1 atom stereocenters. The lowest BCUT2D eigenvalue weighted by Gasteiger charge is -2.45. The number of hydrogen-bond acceptors (Lipinski definition) is 3. The van der Waals surface area contributed by atoms with Crippen LogP contribution in [0.15, 0.2) is 0 Å². The molecule has 0 aromatic rings. The van der Waals surface area contributed by atoms with Crippen molar-refractivity contribution in [3.05, 3.63) is 0 Å². The summed E-state index contributed by atoms with van der Waals surface area (Å²) < 4.78 is 5.25. The maximum atomic E-state index is 11.5. The molecule has 2 aliphatic rings. The molecule has 17 heavy (non-hydrogen) atoms. The van der Waals surface area contributed by atoms with Gasteiger partial charge in [0, 0.05) is 6.61 Å². The summed E-state index contributed by atoms with van der Waals surface area (Å²) in [5, 5.41) is 20.2. The second kappa shape index (κ2) is 4.58. The molecule has 2 fully saturated rings. The molecule has 4 heteroatoms. The van der Waals surface area contributed by atoms with E-state index in [1.54, 1.807) is 0 Å². The molecule has 0 bridgehead atoms. The quantitative estimate of drug-likeness (QED) is 0.792. The highest BCUT2D eigenvalue weighted by Crippen LogP contribution is 2.49. The number of hydrogen-bond donors (Lipinski definition) is 2. The van der Waals surface area contributed by atoms with Crippen LogP contribution in [0, 0.1) is 11.3 Å². The van der Waals surface area contributed by atoms with Gasteiger partial charge < -0.3 is 14.9 Å². The van der Waals surface area contributed by atoms with Crippen LogP contribution in [0.4, 0.5) is 0 Å². The van der Waals surface area contributed by atoms with Crippen LogP contribution in [0.2, 0.25) is 0 Å². The number of aliphatic carboxylic acids is 1. The van der Waals surface area contributed by atoms with E-state index >= 15 is 0 Å². The Morgan fingerprint density at radius 1 is 1.35 bits per heavy atom. The van der Waals surface area contributed by atoms with E-state index in [0.717, 1.165) is 19.3 Å². The largest absolute Gasteiger partial charge is 0.481 e. The summed E-state index contributed by atoms with van der Waals surface area (Å²) in [5.74, 6) is -0.254. The zero-order chi connectivity index (χ0) is 12.5. The fourth-order valence-corrected chi connectivity index (χ4v) is 3.34. The summed E-state index contributed by atoms with van der Waals surface area (Å²) in [5.41, 5.74) is -2.13. The Bertz CT molecular complexity index is 286. The number of aliphatic hydroxyl groups is 1. The van der Waals surface area contributed by atoms with E-state index in [-0.39, 0.29) is 6.61 Å². The average molecular weight is 242 g/mol. The summed E-state index contributed by atoms with van der Waals surface area (Å²) in [6, 6.07) is 0. The van der Waals surface area contributed by atoms with Crippen LogP contribution < -0.4 is 0 Å². The maximum absolute atomic E-state index is 11.5. The van der Waals surface area contributed by atoms with E-state index in [1.165, 1.54) is 0 Å². The first-order valence-corrected chi connectivity index (χ1v) is 6.57. The van der Waals surface area contributed by atoms with E-state index < -0.39 is 17.0 Å². The first-order valence-electron chi connectivity index (χ1n) is 6.57. The SMILES string of the molecule is CCC1CCC(O)(C2(C(=O)O)CCOC2)CC1. The van der Waals surface area contributed by atoms with Gasteiger partial charge in [-0.1, -0.05) is 13.3 Å². The van der Waals surface area contributed by atoms with Gasteiger partial charge in [0.2, 0.25) is 0 Å². The van der Waals surface area contributed by atoms with Crippen molar-refractivity contribution in [3.8, 4) is 0 Å². The van der Waals surface area contributed by atoms with Crippen molar-refractivity contribution in [1.29, 1.82) is 0 Å². The minimum Gasteiger partial charge on any atom is -0.481 e. The standard InChI is InChI=1S/C13H22O4/c1-2-10-3-5-13(16,6-4-10)12(11(14)15)7-8-17-9-12/h10,16H,2-9H2,1H3,(H,14,15). The molecule has 1 saturated heterocycles. The summed E-state index contributed by atoms with van der Waals surface area (Å²) in [4.78, 5) is 11.5. The summed E-state index contributed by atoms with van der Waals surface area (Å²) in [6.45, 7) is 2.77. The van der Waals surface area contributed by atoms with Crippen LogP contribution in [0.25, 0.3) is 0 Å². The molecular formula is C13H22O4. The van der Waals surface area contributed by atoms with Crippen LogP contribution in [0.5, 0.6) is 0 Å². The molecule has 1 aliphatic carbocycles. The minimum atomic E-state index is -1.07. The number of rotatable bonds is 3. The van der Waals surface area contributed by atoms with E-state index in [1.807, 2.05) is 0 Å². The highest BCUT2D eigenvalue weighted by Gasteiger charge is 2.58. The number of carbonyl (C=O) groups is 1. The molecule has 0 amide bonds. The molecule has 0 radical (unpaired) electrons. The van der Waals surface area contributed by atoms with Crippen LogP contribution in [0.1, 0.15) is 45.4 Å². The van der Waals surface area contributed by atoms with Gasteiger partial charge in [-0.3, -0.25) is 4.79 Å². The third-order valence-electron chi connectivity index (χ3n) is 4.83. The van der Waals surface area contributed by atoms with E-state index in [2.05, 4.69) is 6.92 Å². The lowest BCUT2D eigenvalue weighted by atomic mass is 9.62. The van der Waals surface area contributed by atoms with Gasteiger partial charge in [0.25, 0.3) is 0 Å². The molecule has 0 spiro atoms. The first-order chi connectivity index (χ1) is 8.04. The first kappa shape index (κ1) is 12.8. The molecular weight excluding hydrogens is 220 g/mol. The molecule has 0 aromatic heterocycles.